The zero-order valence-corrected chi connectivity index (χ0v) is 10.1. The van der Waals surface area contributed by atoms with Crippen LogP contribution in [-0.4, -0.2) is 44.3 Å². The lowest BCUT2D eigenvalue weighted by Crippen LogP contribution is -2.49. The van der Waals surface area contributed by atoms with Crippen LogP contribution in [0.3, 0.4) is 0 Å². The van der Waals surface area contributed by atoms with E-state index in [1.165, 1.54) is 0 Å². The van der Waals surface area contributed by atoms with Crippen molar-refractivity contribution in [1.82, 2.24) is 20.6 Å². The molecule has 0 aromatic carbocycles. The molecule has 0 radical (unpaired) electrons. The second-order valence-corrected chi connectivity index (χ2v) is 4.10. The van der Waals surface area contributed by atoms with Crippen LogP contribution in [0.25, 0.3) is 0 Å². The highest BCUT2D eigenvalue weighted by Gasteiger charge is 2.30. The number of carboxylic acids is 1. The zero-order valence-electron chi connectivity index (χ0n) is 10.1. The number of hydrogen-bond acceptors (Lipinski definition) is 4. The summed E-state index contributed by atoms with van der Waals surface area (Å²) in [5.41, 5.74) is -1.99. The minimum absolute atomic E-state index is 0.352. The van der Waals surface area contributed by atoms with Crippen LogP contribution in [0.4, 0.5) is 4.79 Å². The van der Waals surface area contributed by atoms with Gasteiger partial charge < -0.3 is 25.8 Å². The molecule has 1 heterocycles. The average Bonchev–Trinajstić information content (AvgIpc) is 2.79. The number of hydrogen-bond donors (Lipinski definition) is 5. The summed E-state index contributed by atoms with van der Waals surface area (Å²) in [7, 11) is 0. The molecule has 0 aliphatic rings. The van der Waals surface area contributed by atoms with Crippen molar-refractivity contribution in [2.45, 2.75) is 25.5 Å². The van der Waals surface area contributed by atoms with E-state index in [2.05, 4.69) is 20.6 Å². The molecule has 1 aromatic rings. The van der Waals surface area contributed by atoms with Crippen molar-refractivity contribution < 1.29 is 19.8 Å². The first-order chi connectivity index (χ1) is 8.33. The van der Waals surface area contributed by atoms with Crippen LogP contribution in [-0.2, 0) is 4.79 Å². The van der Waals surface area contributed by atoms with Gasteiger partial charge in [-0.2, -0.15) is 0 Å². The van der Waals surface area contributed by atoms with E-state index in [0.717, 1.165) is 6.92 Å². The van der Waals surface area contributed by atoms with E-state index >= 15 is 0 Å². The Morgan fingerprint density at radius 1 is 1.61 bits per heavy atom. The maximum absolute atomic E-state index is 11.4. The number of H-pyrrole nitrogens is 1. The lowest BCUT2D eigenvalue weighted by atomic mass is 10.1. The Bertz CT molecular complexity index is 416. The van der Waals surface area contributed by atoms with Crippen LogP contribution < -0.4 is 10.6 Å². The summed E-state index contributed by atoms with van der Waals surface area (Å²) in [6, 6.07) is -0.935. The van der Waals surface area contributed by atoms with E-state index in [4.69, 9.17) is 5.11 Å². The van der Waals surface area contributed by atoms with E-state index in [1.54, 1.807) is 19.3 Å². The topological polar surface area (TPSA) is 127 Å². The van der Waals surface area contributed by atoms with Gasteiger partial charge in [0.2, 0.25) is 0 Å². The Morgan fingerprint density at radius 3 is 2.78 bits per heavy atom. The fraction of sp³-hybridized carbons (Fsp3) is 0.500. The number of imidazole rings is 1. The maximum Gasteiger partial charge on any atom is 0.337 e. The highest BCUT2D eigenvalue weighted by atomic mass is 16.4. The molecule has 2 atom stereocenters. The summed E-state index contributed by atoms with van der Waals surface area (Å²) >= 11 is 0. The van der Waals surface area contributed by atoms with E-state index in [1.807, 2.05) is 0 Å². The Hall–Kier alpha value is -2.09. The van der Waals surface area contributed by atoms with Gasteiger partial charge in [0.05, 0.1) is 12.6 Å². The van der Waals surface area contributed by atoms with E-state index in [9.17, 15) is 14.7 Å². The minimum atomic E-state index is -1.99. The summed E-state index contributed by atoms with van der Waals surface area (Å²) < 4.78 is 0. The van der Waals surface area contributed by atoms with Crippen LogP contribution in [0, 0.1) is 0 Å². The second-order valence-electron chi connectivity index (χ2n) is 4.10. The predicted octanol–water partition coefficient (Wildman–Crippen LogP) is -0.394. The van der Waals surface area contributed by atoms with Crippen LogP contribution in [0.2, 0.25) is 0 Å². The van der Waals surface area contributed by atoms with Crippen molar-refractivity contribution in [3.05, 3.63) is 18.2 Å². The van der Waals surface area contributed by atoms with Crippen LogP contribution in [0.5, 0.6) is 0 Å². The van der Waals surface area contributed by atoms with E-state index in [0.29, 0.717) is 5.82 Å². The Balaban J connectivity index is 2.41. The third-order valence-corrected chi connectivity index (χ3v) is 2.33. The number of nitrogens with one attached hydrogen (secondary N) is 3. The molecule has 2 unspecified atom stereocenters. The normalized spacial score (nSPS) is 15.5. The summed E-state index contributed by atoms with van der Waals surface area (Å²) in [5, 5.41) is 22.9. The van der Waals surface area contributed by atoms with Gasteiger partial charge in [-0.15, -0.1) is 0 Å². The monoisotopic (exact) mass is 256 g/mol. The molecular formula is C10H16N4O4. The molecule has 0 spiro atoms. The number of carbonyl (C=O) groups excluding carboxylic acids is 1. The van der Waals surface area contributed by atoms with Gasteiger partial charge >= 0.3 is 12.0 Å². The van der Waals surface area contributed by atoms with Crippen molar-refractivity contribution in [3.63, 3.8) is 0 Å². The predicted molar refractivity (Wildman–Crippen MR) is 61.8 cm³/mol. The standard InChI is InChI=1S/C10H16N4O4/c1-6(7-11-3-4-12-7)14-9(17)13-5-10(2,18)8(15)16/h3-4,6,18H,5H2,1-2H3,(H,11,12)(H,15,16)(H2,13,14,17). The van der Waals surface area contributed by atoms with Gasteiger partial charge in [-0.3, -0.25) is 0 Å². The van der Waals surface area contributed by atoms with E-state index in [-0.39, 0.29) is 12.6 Å². The molecule has 0 aliphatic carbocycles. The first-order valence-electron chi connectivity index (χ1n) is 5.32. The van der Waals surface area contributed by atoms with Crippen LogP contribution in [0.1, 0.15) is 25.7 Å². The molecular weight excluding hydrogens is 240 g/mol. The zero-order chi connectivity index (χ0) is 13.8. The first kappa shape index (κ1) is 14.0. The van der Waals surface area contributed by atoms with E-state index < -0.39 is 17.6 Å². The van der Waals surface area contributed by atoms with Crippen molar-refractivity contribution in [2.24, 2.45) is 0 Å². The molecule has 2 amide bonds. The third kappa shape index (κ3) is 3.74. The van der Waals surface area contributed by atoms with Gasteiger partial charge in [0.1, 0.15) is 5.82 Å². The van der Waals surface area contributed by atoms with Crippen LogP contribution >= 0.6 is 0 Å². The molecule has 0 fully saturated rings. The highest BCUT2D eigenvalue weighted by Crippen LogP contribution is 2.05. The van der Waals surface area contributed by atoms with Gasteiger partial charge in [0, 0.05) is 12.4 Å². The van der Waals surface area contributed by atoms with Gasteiger partial charge in [0.15, 0.2) is 5.60 Å². The van der Waals surface area contributed by atoms with Gasteiger partial charge in [-0.1, -0.05) is 0 Å². The number of carboxylic acid groups (broad SMARTS) is 1. The molecule has 1 rings (SSSR count). The number of aliphatic hydroxyl groups is 1. The molecule has 18 heavy (non-hydrogen) atoms. The number of rotatable bonds is 5. The smallest absolute Gasteiger partial charge is 0.337 e. The summed E-state index contributed by atoms with van der Waals surface area (Å²) in [4.78, 5) is 28.9. The Kier molecular flexibility index (Phi) is 4.27. The SMILES string of the molecule is CC(NC(=O)NCC(C)(O)C(=O)O)c1ncc[nH]1. The lowest BCUT2D eigenvalue weighted by molar-refractivity contribution is -0.155. The third-order valence-electron chi connectivity index (χ3n) is 2.33. The van der Waals surface area contributed by atoms with Crippen molar-refractivity contribution in [1.29, 1.82) is 0 Å². The number of amides is 2. The molecule has 5 N–H and O–H groups in total. The maximum atomic E-state index is 11.4. The Morgan fingerprint density at radius 2 is 2.28 bits per heavy atom. The highest BCUT2D eigenvalue weighted by molar-refractivity contribution is 5.79. The second kappa shape index (κ2) is 5.50. The van der Waals surface area contributed by atoms with Gasteiger partial charge in [-0.05, 0) is 13.8 Å². The number of nitrogens with zero attached hydrogens (tertiary/aromatic N) is 1. The minimum Gasteiger partial charge on any atom is -0.479 e. The first-order valence-corrected chi connectivity index (χ1v) is 5.32. The molecule has 0 saturated carbocycles. The Labute approximate surface area is 103 Å². The molecule has 100 valence electrons. The summed E-state index contributed by atoms with van der Waals surface area (Å²) in [6.45, 7) is 2.43. The number of carbonyl (C=O) groups is 2. The van der Waals surface area contributed by atoms with Gasteiger partial charge in [0.25, 0.3) is 0 Å². The van der Waals surface area contributed by atoms with Crippen molar-refractivity contribution in [3.8, 4) is 0 Å². The molecule has 0 bridgehead atoms. The lowest BCUT2D eigenvalue weighted by Gasteiger charge is -2.19. The average molecular weight is 256 g/mol. The fourth-order valence-electron chi connectivity index (χ4n) is 1.16. The molecule has 1 aromatic heterocycles. The molecule has 0 aliphatic heterocycles. The fourth-order valence-corrected chi connectivity index (χ4v) is 1.16. The number of aliphatic carboxylic acids is 1. The molecule has 0 saturated heterocycles. The number of aromatic nitrogens is 2. The summed E-state index contributed by atoms with van der Waals surface area (Å²) in [6.07, 6.45) is 3.18. The molecule has 8 nitrogen and oxygen atoms in total. The van der Waals surface area contributed by atoms with Crippen LogP contribution in [0.15, 0.2) is 12.4 Å². The van der Waals surface area contributed by atoms with Crippen molar-refractivity contribution >= 4 is 12.0 Å². The largest absolute Gasteiger partial charge is 0.479 e. The van der Waals surface area contributed by atoms with Gasteiger partial charge in [-0.25, -0.2) is 14.6 Å². The number of urea groups is 1. The summed E-state index contributed by atoms with van der Waals surface area (Å²) in [5.74, 6) is -0.822. The quantitative estimate of drug-likeness (QED) is 0.490. The van der Waals surface area contributed by atoms with Crippen molar-refractivity contribution in [2.75, 3.05) is 6.54 Å². The number of aromatic amines is 1. The molecule has 8 heteroatoms.